The van der Waals surface area contributed by atoms with Crippen LogP contribution < -0.4 is 5.43 Å². The fourth-order valence-corrected chi connectivity index (χ4v) is 3.44. The van der Waals surface area contributed by atoms with Gasteiger partial charge in [0.1, 0.15) is 4.90 Å². The fraction of sp³-hybridized carbons (Fsp3) is 0.500. The Morgan fingerprint density at radius 1 is 1.53 bits per heavy atom. The van der Waals surface area contributed by atoms with Gasteiger partial charge in [0.25, 0.3) is 0 Å². The quantitative estimate of drug-likeness (QED) is 0.795. The molecule has 0 aromatic carbocycles. The maximum Gasteiger partial charge on any atom is 0.248 e. The van der Waals surface area contributed by atoms with Crippen molar-refractivity contribution >= 4 is 10.0 Å². The van der Waals surface area contributed by atoms with E-state index in [1.807, 2.05) is 0 Å². The molecule has 0 bridgehead atoms. The number of ether oxygens (including phenoxy) is 1. The number of morpholine rings is 1. The van der Waals surface area contributed by atoms with Crippen molar-refractivity contribution in [3.8, 4) is 0 Å². The van der Waals surface area contributed by atoms with Gasteiger partial charge in [-0.05, 0) is 6.92 Å². The van der Waals surface area contributed by atoms with E-state index in [4.69, 9.17) is 4.74 Å². The van der Waals surface area contributed by atoms with Crippen LogP contribution in [0.2, 0.25) is 0 Å². The van der Waals surface area contributed by atoms with E-state index in [9.17, 15) is 13.2 Å². The molecule has 0 aliphatic carbocycles. The molecule has 0 unspecified atom stereocenters. The molecule has 1 atom stereocenters. The van der Waals surface area contributed by atoms with Crippen molar-refractivity contribution in [1.82, 2.24) is 9.29 Å². The van der Waals surface area contributed by atoms with Crippen LogP contribution in [0.15, 0.2) is 28.2 Å². The summed E-state index contributed by atoms with van der Waals surface area (Å²) >= 11 is 0. The number of hydrogen-bond acceptors (Lipinski definition) is 4. The van der Waals surface area contributed by atoms with E-state index in [1.54, 1.807) is 6.92 Å². The van der Waals surface area contributed by atoms with Crippen molar-refractivity contribution in [3.05, 3.63) is 28.7 Å². The first-order chi connectivity index (χ1) is 8.03. The van der Waals surface area contributed by atoms with Crippen LogP contribution in [0.4, 0.5) is 0 Å². The topological polar surface area (TPSA) is 79.5 Å². The molecule has 6 nitrogen and oxygen atoms in total. The molecule has 0 radical (unpaired) electrons. The summed E-state index contributed by atoms with van der Waals surface area (Å²) in [7, 11) is -3.73. The highest BCUT2D eigenvalue weighted by Gasteiger charge is 2.32. The number of H-pyrrole nitrogens is 1. The highest BCUT2D eigenvalue weighted by Crippen LogP contribution is 2.17. The van der Waals surface area contributed by atoms with Gasteiger partial charge in [-0.2, -0.15) is 4.31 Å². The lowest BCUT2D eigenvalue weighted by Crippen LogP contribution is -2.47. The molecule has 1 N–H and O–H groups in total. The predicted molar refractivity (Wildman–Crippen MR) is 61.2 cm³/mol. The van der Waals surface area contributed by atoms with Gasteiger partial charge >= 0.3 is 0 Å². The number of sulfonamides is 1. The minimum Gasteiger partial charge on any atom is -0.378 e. The van der Waals surface area contributed by atoms with E-state index in [-0.39, 0.29) is 17.5 Å². The van der Waals surface area contributed by atoms with Crippen LogP contribution in [0.25, 0.3) is 0 Å². The van der Waals surface area contributed by atoms with E-state index in [1.165, 1.54) is 22.8 Å². The molecule has 0 saturated carbocycles. The summed E-state index contributed by atoms with van der Waals surface area (Å²) in [5.74, 6) is 0. The van der Waals surface area contributed by atoms with E-state index in [0.717, 1.165) is 0 Å². The summed E-state index contributed by atoms with van der Waals surface area (Å²) < 4.78 is 31.0. The molecule has 1 aromatic heterocycles. The molecule has 17 heavy (non-hydrogen) atoms. The zero-order valence-corrected chi connectivity index (χ0v) is 10.2. The van der Waals surface area contributed by atoms with Crippen LogP contribution in [-0.2, 0) is 14.8 Å². The third-order valence-corrected chi connectivity index (χ3v) is 4.72. The molecule has 1 aliphatic rings. The Morgan fingerprint density at radius 3 is 2.94 bits per heavy atom. The first-order valence-corrected chi connectivity index (χ1v) is 6.74. The minimum atomic E-state index is -3.73. The van der Waals surface area contributed by atoms with Crippen molar-refractivity contribution in [2.75, 3.05) is 19.8 Å². The van der Waals surface area contributed by atoms with Crippen LogP contribution >= 0.6 is 0 Å². The standard InChI is InChI=1S/C10H14N2O4S/c1-8-7-16-5-4-12(8)17(14,15)10-6-11-3-2-9(10)13/h2-3,6,8H,4-5,7H2,1H3,(H,11,13)/t8-/m1/s1. The van der Waals surface area contributed by atoms with Crippen LogP contribution in [0.1, 0.15) is 6.92 Å². The van der Waals surface area contributed by atoms with Crippen LogP contribution in [0.5, 0.6) is 0 Å². The van der Waals surface area contributed by atoms with E-state index in [0.29, 0.717) is 13.2 Å². The molecule has 0 spiro atoms. The summed E-state index contributed by atoms with van der Waals surface area (Å²) in [4.78, 5) is 14.0. The van der Waals surface area contributed by atoms with Gasteiger partial charge in [0, 0.05) is 31.0 Å². The average Bonchev–Trinajstić information content (AvgIpc) is 2.29. The molecule has 2 rings (SSSR count). The highest BCUT2D eigenvalue weighted by atomic mass is 32.2. The van der Waals surface area contributed by atoms with E-state index >= 15 is 0 Å². The molecule has 0 amide bonds. The van der Waals surface area contributed by atoms with Gasteiger partial charge in [0.2, 0.25) is 15.5 Å². The van der Waals surface area contributed by atoms with Crippen molar-refractivity contribution < 1.29 is 13.2 Å². The van der Waals surface area contributed by atoms with Gasteiger partial charge < -0.3 is 9.72 Å². The van der Waals surface area contributed by atoms with Gasteiger partial charge in [-0.15, -0.1) is 0 Å². The summed E-state index contributed by atoms with van der Waals surface area (Å²) in [6, 6.07) is 0.950. The lowest BCUT2D eigenvalue weighted by atomic mass is 10.3. The lowest BCUT2D eigenvalue weighted by Gasteiger charge is -2.31. The second-order valence-corrected chi connectivity index (χ2v) is 5.77. The smallest absolute Gasteiger partial charge is 0.248 e. The number of hydrogen-bond donors (Lipinski definition) is 1. The van der Waals surface area contributed by atoms with Crippen molar-refractivity contribution in [2.24, 2.45) is 0 Å². The van der Waals surface area contributed by atoms with Crippen molar-refractivity contribution in [1.29, 1.82) is 0 Å². The van der Waals surface area contributed by atoms with Crippen LogP contribution in [0, 0.1) is 0 Å². The maximum absolute atomic E-state index is 12.3. The van der Waals surface area contributed by atoms with Crippen molar-refractivity contribution in [3.63, 3.8) is 0 Å². The first-order valence-electron chi connectivity index (χ1n) is 5.30. The van der Waals surface area contributed by atoms with Crippen LogP contribution in [-0.4, -0.2) is 43.5 Å². The van der Waals surface area contributed by atoms with E-state index < -0.39 is 15.5 Å². The van der Waals surface area contributed by atoms with Gasteiger partial charge in [0.05, 0.1) is 13.2 Å². The molecule has 1 fully saturated rings. The fourth-order valence-electron chi connectivity index (χ4n) is 1.80. The normalized spacial score (nSPS) is 22.5. The third-order valence-electron chi connectivity index (χ3n) is 2.68. The number of nitrogens with one attached hydrogen (secondary N) is 1. The SMILES string of the molecule is C[C@@H]1COCCN1S(=O)(=O)c1c[nH]ccc1=O. The zero-order chi connectivity index (χ0) is 12.5. The number of pyridine rings is 1. The molecule has 94 valence electrons. The minimum absolute atomic E-state index is 0.214. The molecule has 2 heterocycles. The number of rotatable bonds is 2. The third kappa shape index (κ3) is 2.26. The molecule has 1 saturated heterocycles. The maximum atomic E-state index is 12.3. The Labute approximate surface area is 99.3 Å². The van der Waals surface area contributed by atoms with Gasteiger partial charge in [0.15, 0.2) is 0 Å². The second-order valence-electron chi connectivity index (χ2n) is 3.91. The largest absolute Gasteiger partial charge is 0.378 e. The molecular weight excluding hydrogens is 244 g/mol. The number of aromatic nitrogens is 1. The Balaban J connectivity index is 2.43. The predicted octanol–water partition coefficient (Wildman–Crippen LogP) is -0.216. The Bertz CT molecular complexity index is 551. The Morgan fingerprint density at radius 2 is 2.29 bits per heavy atom. The average molecular weight is 258 g/mol. The Hall–Kier alpha value is -1.18. The van der Waals surface area contributed by atoms with Crippen LogP contribution in [0.3, 0.4) is 0 Å². The van der Waals surface area contributed by atoms with Crippen molar-refractivity contribution in [2.45, 2.75) is 17.9 Å². The zero-order valence-electron chi connectivity index (χ0n) is 9.42. The molecule has 1 aromatic rings. The summed E-state index contributed by atoms with van der Waals surface area (Å²) in [5.41, 5.74) is -0.498. The Kier molecular flexibility index (Phi) is 3.32. The molecular formula is C10H14N2O4S. The molecule has 7 heteroatoms. The summed E-state index contributed by atoms with van der Waals surface area (Å²) in [6.45, 7) is 2.74. The van der Waals surface area contributed by atoms with Gasteiger partial charge in [-0.3, -0.25) is 4.79 Å². The number of nitrogens with zero attached hydrogens (tertiary/aromatic N) is 1. The lowest BCUT2D eigenvalue weighted by molar-refractivity contribution is 0.0392. The molecule has 1 aliphatic heterocycles. The number of aromatic amines is 1. The second kappa shape index (κ2) is 4.59. The van der Waals surface area contributed by atoms with Gasteiger partial charge in [-0.1, -0.05) is 0 Å². The van der Waals surface area contributed by atoms with Gasteiger partial charge in [-0.25, -0.2) is 8.42 Å². The first kappa shape index (κ1) is 12.3. The summed E-state index contributed by atoms with van der Waals surface area (Å²) in [5, 5.41) is 0. The summed E-state index contributed by atoms with van der Waals surface area (Å²) in [6.07, 6.45) is 2.63. The van der Waals surface area contributed by atoms with E-state index in [2.05, 4.69) is 4.98 Å². The highest BCUT2D eigenvalue weighted by molar-refractivity contribution is 7.89. The monoisotopic (exact) mass is 258 g/mol.